The second-order valence-electron chi connectivity index (χ2n) is 6.94. The van der Waals surface area contributed by atoms with Crippen molar-refractivity contribution >= 4 is 53.0 Å². The first-order valence-corrected chi connectivity index (χ1v) is 11.4. The standard InChI is InChI=1S/C20H20Cl3O3P/c1-11(2)10-27(26,19(24)17-12(3)6-5-7-13(17)4)20(25)18-15(22)8-14(21)9-16(18)23/h5-9,11H,10H2,1-4H3. The largest absolute Gasteiger partial charge is 0.307 e. The molecule has 0 spiro atoms. The van der Waals surface area contributed by atoms with E-state index in [9.17, 15) is 14.2 Å². The van der Waals surface area contributed by atoms with E-state index >= 15 is 0 Å². The number of carbonyl (C=O) groups excluding carboxylic acids is 2. The van der Waals surface area contributed by atoms with Crippen molar-refractivity contribution < 1.29 is 14.2 Å². The number of carbonyl (C=O) groups is 2. The first kappa shape index (κ1) is 22.2. The summed E-state index contributed by atoms with van der Waals surface area (Å²) in [5, 5.41) is 0.216. The lowest BCUT2D eigenvalue weighted by Gasteiger charge is -2.21. The van der Waals surface area contributed by atoms with Gasteiger partial charge in [-0.05, 0) is 43.0 Å². The summed E-state index contributed by atoms with van der Waals surface area (Å²) in [6.45, 7) is 7.13. The summed E-state index contributed by atoms with van der Waals surface area (Å²) in [5.41, 5.74) is 0.0620. The third-order valence-electron chi connectivity index (χ3n) is 4.19. The molecule has 0 saturated heterocycles. The van der Waals surface area contributed by atoms with E-state index in [-0.39, 0.29) is 32.7 Å². The number of hydrogen-bond donors (Lipinski definition) is 0. The summed E-state index contributed by atoms with van der Waals surface area (Å²) in [4.78, 5) is 26.6. The molecule has 0 aliphatic rings. The third-order valence-corrected chi connectivity index (χ3v) is 8.01. The van der Waals surface area contributed by atoms with E-state index < -0.39 is 18.2 Å². The van der Waals surface area contributed by atoms with Gasteiger partial charge in [0.2, 0.25) is 18.2 Å². The fourth-order valence-corrected chi connectivity index (χ4v) is 7.01. The summed E-state index contributed by atoms with van der Waals surface area (Å²) >= 11 is 18.2. The molecule has 0 amide bonds. The third kappa shape index (κ3) is 4.49. The van der Waals surface area contributed by atoms with Crippen LogP contribution in [-0.4, -0.2) is 17.2 Å². The SMILES string of the molecule is Cc1cccc(C)c1C(=O)P(=O)(CC(C)C)C(=O)c1c(Cl)cc(Cl)cc1Cl. The summed E-state index contributed by atoms with van der Waals surface area (Å²) in [6.07, 6.45) is -0.0618. The van der Waals surface area contributed by atoms with Crippen LogP contribution in [0.15, 0.2) is 30.3 Å². The van der Waals surface area contributed by atoms with Gasteiger partial charge in [0.15, 0.2) is 0 Å². The summed E-state index contributed by atoms with van der Waals surface area (Å²) in [6, 6.07) is 8.03. The molecule has 0 bridgehead atoms. The molecule has 0 aromatic heterocycles. The number of benzene rings is 2. The van der Waals surface area contributed by atoms with Crippen molar-refractivity contribution in [1.29, 1.82) is 0 Å². The van der Waals surface area contributed by atoms with Crippen LogP contribution in [0.3, 0.4) is 0 Å². The van der Waals surface area contributed by atoms with Crippen molar-refractivity contribution in [2.24, 2.45) is 5.92 Å². The van der Waals surface area contributed by atoms with Crippen LogP contribution < -0.4 is 0 Å². The fraction of sp³-hybridized carbons (Fsp3) is 0.300. The van der Waals surface area contributed by atoms with Gasteiger partial charge in [-0.3, -0.25) is 9.59 Å². The van der Waals surface area contributed by atoms with Gasteiger partial charge < -0.3 is 4.57 Å². The maximum Gasteiger partial charge on any atom is 0.231 e. The van der Waals surface area contributed by atoms with Crippen molar-refractivity contribution in [3.8, 4) is 0 Å². The molecule has 27 heavy (non-hydrogen) atoms. The molecule has 0 radical (unpaired) electrons. The number of hydrogen-bond acceptors (Lipinski definition) is 3. The second-order valence-corrected chi connectivity index (χ2v) is 10.8. The second kappa shape index (κ2) is 8.49. The minimum absolute atomic E-state index is 0.0178. The Morgan fingerprint density at radius 3 is 1.81 bits per heavy atom. The van der Waals surface area contributed by atoms with Gasteiger partial charge in [0.05, 0.1) is 15.6 Å². The van der Waals surface area contributed by atoms with Gasteiger partial charge in [-0.2, -0.15) is 0 Å². The van der Waals surface area contributed by atoms with Crippen molar-refractivity contribution in [2.45, 2.75) is 27.7 Å². The van der Waals surface area contributed by atoms with E-state index in [2.05, 4.69) is 0 Å². The van der Waals surface area contributed by atoms with Gasteiger partial charge >= 0.3 is 0 Å². The molecule has 2 aromatic carbocycles. The lowest BCUT2D eigenvalue weighted by Crippen LogP contribution is -2.18. The molecule has 0 aliphatic carbocycles. The monoisotopic (exact) mass is 444 g/mol. The molecule has 0 N–H and O–H groups in total. The molecule has 0 aliphatic heterocycles. The molecule has 2 rings (SSSR count). The van der Waals surface area contributed by atoms with Crippen LogP contribution in [0.5, 0.6) is 0 Å². The summed E-state index contributed by atoms with van der Waals surface area (Å²) in [7, 11) is -4.01. The molecule has 1 unspecified atom stereocenters. The van der Waals surface area contributed by atoms with E-state index in [4.69, 9.17) is 34.8 Å². The first-order chi connectivity index (χ1) is 12.5. The molecule has 7 heteroatoms. The maximum absolute atomic E-state index is 13.9. The van der Waals surface area contributed by atoms with Crippen LogP contribution in [0.4, 0.5) is 0 Å². The quantitative estimate of drug-likeness (QED) is 0.439. The number of rotatable bonds is 6. The minimum Gasteiger partial charge on any atom is -0.307 e. The molecule has 0 saturated carbocycles. The molecule has 144 valence electrons. The molecule has 2 aromatic rings. The Morgan fingerprint density at radius 1 is 0.926 bits per heavy atom. The van der Waals surface area contributed by atoms with Crippen LogP contribution in [0, 0.1) is 19.8 Å². The Hall–Kier alpha value is -1.12. The molecular formula is C20H20Cl3O3P. The zero-order chi connectivity index (χ0) is 20.5. The van der Waals surface area contributed by atoms with Gasteiger partial charge in [0.1, 0.15) is 0 Å². The fourth-order valence-electron chi connectivity index (χ4n) is 3.03. The zero-order valence-electron chi connectivity index (χ0n) is 15.5. The normalized spacial score (nSPS) is 13.5. The number of aryl methyl sites for hydroxylation is 2. The van der Waals surface area contributed by atoms with Gasteiger partial charge in [-0.15, -0.1) is 0 Å². The number of halogens is 3. The van der Waals surface area contributed by atoms with E-state index in [1.807, 2.05) is 19.9 Å². The van der Waals surface area contributed by atoms with Gasteiger partial charge in [-0.25, -0.2) is 0 Å². The van der Waals surface area contributed by atoms with Crippen LogP contribution in [0.2, 0.25) is 15.1 Å². The molecular weight excluding hydrogens is 426 g/mol. The molecule has 3 nitrogen and oxygen atoms in total. The Balaban J connectivity index is 2.69. The van der Waals surface area contributed by atoms with Gasteiger partial charge in [0.25, 0.3) is 0 Å². The van der Waals surface area contributed by atoms with Crippen LogP contribution in [-0.2, 0) is 4.57 Å². The highest BCUT2D eigenvalue weighted by Gasteiger charge is 2.43. The Bertz CT molecular complexity index is 924. The van der Waals surface area contributed by atoms with Crippen LogP contribution in [0.25, 0.3) is 0 Å². The van der Waals surface area contributed by atoms with E-state index in [0.29, 0.717) is 16.7 Å². The highest BCUT2D eigenvalue weighted by Crippen LogP contribution is 2.55. The van der Waals surface area contributed by atoms with Crippen molar-refractivity contribution in [1.82, 2.24) is 0 Å². The van der Waals surface area contributed by atoms with Gasteiger partial charge in [0, 0.05) is 16.7 Å². The van der Waals surface area contributed by atoms with Crippen molar-refractivity contribution in [2.75, 3.05) is 6.16 Å². The highest BCUT2D eigenvalue weighted by molar-refractivity contribution is 7.95. The van der Waals surface area contributed by atoms with Crippen molar-refractivity contribution in [3.05, 3.63) is 67.7 Å². The predicted molar refractivity (Wildman–Crippen MR) is 113 cm³/mol. The first-order valence-electron chi connectivity index (χ1n) is 8.38. The molecule has 0 fully saturated rings. The summed E-state index contributed by atoms with van der Waals surface area (Å²) in [5.74, 6) is -0.141. The smallest absolute Gasteiger partial charge is 0.231 e. The Kier molecular flexibility index (Phi) is 6.97. The average Bonchev–Trinajstić information content (AvgIpc) is 2.52. The van der Waals surface area contributed by atoms with Crippen molar-refractivity contribution in [3.63, 3.8) is 0 Å². The van der Waals surface area contributed by atoms with E-state index in [0.717, 1.165) is 0 Å². The molecule has 0 heterocycles. The Labute approximate surface area is 174 Å². The lowest BCUT2D eigenvalue weighted by molar-refractivity contribution is 0.103. The van der Waals surface area contributed by atoms with Crippen LogP contribution >= 0.6 is 41.9 Å². The predicted octanol–water partition coefficient (Wildman–Crippen LogP) is 7.26. The average molecular weight is 446 g/mol. The maximum atomic E-state index is 13.9. The van der Waals surface area contributed by atoms with Crippen LogP contribution in [0.1, 0.15) is 45.7 Å². The Morgan fingerprint density at radius 2 is 1.37 bits per heavy atom. The highest BCUT2D eigenvalue weighted by atomic mass is 35.5. The zero-order valence-corrected chi connectivity index (χ0v) is 18.6. The van der Waals surface area contributed by atoms with E-state index in [1.165, 1.54) is 12.1 Å². The minimum atomic E-state index is -4.01. The summed E-state index contributed by atoms with van der Waals surface area (Å²) < 4.78 is 13.9. The van der Waals surface area contributed by atoms with Gasteiger partial charge in [-0.1, -0.05) is 66.8 Å². The van der Waals surface area contributed by atoms with E-state index in [1.54, 1.807) is 26.0 Å². The molecule has 1 atom stereocenters. The lowest BCUT2D eigenvalue weighted by atomic mass is 10.0. The topological polar surface area (TPSA) is 51.2 Å².